The first kappa shape index (κ1) is 20.0. The summed E-state index contributed by atoms with van der Waals surface area (Å²) in [6.45, 7) is 2.65. The number of halogens is 1. The highest BCUT2D eigenvalue weighted by Crippen LogP contribution is 2.25. The maximum Gasteiger partial charge on any atom is 0.225 e. The number of nitrogens with zero attached hydrogens (tertiary/aromatic N) is 1. The number of amides is 2. The van der Waals surface area contributed by atoms with Crippen molar-refractivity contribution in [3.63, 3.8) is 0 Å². The molecule has 0 aromatic heterocycles. The Bertz CT molecular complexity index is 828. The largest absolute Gasteiger partial charge is 0.375 e. The monoisotopic (exact) mass is 384 g/mol. The van der Waals surface area contributed by atoms with E-state index in [1.165, 1.54) is 13.2 Å². The summed E-state index contributed by atoms with van der Waals surface area (Å²) in [4.78, 5) is 26.7. The van der Waals surface area contributed by atoms with E-state index in [2.05, 4.69) is 5.32 Å². The zero-order valence-electron chi connectivity index (χ0n) is 16.1. The van der Waals surface area contributed by atoms with Crippen LogP contribution >= 0.6 is 0 Å². The minimum Gasteiger partial charge on any atom is -0.375 e. The second-order valence-electron chi connectivity index (χ2n) is 7.14. The number of hydrogen-bond donors (Lipinski definition) is 1. The highest BCUT2D eigenvalue weighted by Gasteiger charge is 2.35. The first-order chi connectivity index (χ1) is 13.5. The molecule has 1 aliphatic heterocycles. The lowest BCUT2D eigenvalue weighted by molar-refractivity contribution is -0.129. The van der Waals surface area contributed by atoms with Crippen molar-refractivity contribution >= 4 is 11.8 Å². The second kappa shape index (κ2) is 8.97. The molecular weight excluding hydrogens is 359 g/mol. The molecular formula is C22H25FN2O3. The molecule has 2 amide bonds. The van der Waals surface area contributed by atoms with Crippen LogP contribution in [0.4, 0.5) is 4.39 Å². The van der Waals surface area contributed by atoms with Crippen LogP contribution in [-0.2, 0) is 20.9 Å². The van der Waals surface area contributed by atoms with E-state index in [-0.39, 0.29) is 24.1 Å². The Morgan fingerprint density at radius 2 is 1.89 bits per heavy atom. The Morgan fingerprint density at radius 3 is 2.57 bits per heavy atom. The van der Waals surface area contributed by atoms with Gasteiger partial charge in [0.25, 0.3) is 0 Å². The van der Waals surface area contributed by atoms with E-state index >= 15 is 0 Å². The summed E-state index contributed by atoms with van der Waals surface area (Å²) >= 11 is 0. The molecule has 2 aromatic rings. The van der Waals surface area contributed by atoms with Crippen LogP contribution in [0.2, 0.25) is 0 Å². The number of ether oxygens (including phenoxy) is 1. The quantitative estimate of drug-likeness (QED) is 0.798. The van der Waals surface area contributed by atoms with Gasteiger partial charge in [-0.25, -0.2) is 4.39 Å². The van der Waals surface area contributed by atoms with Crippen molar-refractivity contribution in [3.05, 3.63) is 71.5 Å². The molecule has 6 heteroatoms. The zero-order chi connectivity index (χ0) is 20.1. The van der Waals surface area contributed by atoms with Gasteiger partial charge in [0.15, 0.2) is 0 Å². The molecule has 1 saturated heterocycles. The van der Waals surface area contributed by atoms with Crippen molar-refractivity contribution < 1.29 is 18.7 Å². The number of benzene rings is 2. The van der Waals surface area contributed by atoms with Gasteiger partial charge in [0.1, 0.15) is 11.9 Å². The lowest BCUT2D eigenvalue weighted by atomic mass is 10.0. The van der Waals surface area contributed by atoms with Crippen LogP contribution in [0, 0.1) is 11.7 Å². The number of hydrogen-bond acceptors (Lipinski definition) is 3. The van der Waals surface area contributed by atoms with Crippen LogP contribution in [0.15, 0.2) is 54.6 Å². The van der Waals surface area contributed by atoms with Gasteiger partial charge in [-0.15, -0.1) is 0 Å². The fourth-order valence-corrected chi connectivity index (χ4v) is 3.63. The van der Waals surface area contributed by atoms with Crippen LogP contribution < -0.4 is 5.32 Å². The van der Waals surface area contributed by atoms with Crippen molar-refractivity contribution in [2.24, 2.45) is 5.92 Å². The van der Waals surface area contributed by atoms with E-state index in [1.807, 2.05) is 30.3 Å². The van der Waals surface area contributed by atoms with Crippen molar-refractivity contribution in [2.75, 3.05) is 13.7 Å². The average molecular weight is 384 g/mol. The van der Waals surface area contributed by atoms with E-state index in [9.17, 15) is 14.0 Å². The van der Waals surface area contributed by atoms with Crippen molar-refractivity contribution in [2.45, 2.75) is 32.0 Å². The summed E-state index contributed by atoms with van der Waals surface area (Å²) in [6, 6.07) is 15.6. The van der Waals surface area contributed by atoms with Gasteiger partial charge in [-0.2, -0.15) is 0 Å². The number of likely N-dealkylation sites (tertiary alicyclic amines) is 1. The number of nitrogens with one attached hydrogen (secondary N) is 1. The van der Waals surface area contributed by atoms with Crippen LogP contribution in [0.25, 0.3) is 0 Å². The number of methoxy groups -OCH3 is 1. The first-order valence-electron chi connectivity index (χ1n) is 9.39. The van der Waals surface area contributed by atoms with Gasteiger partial charge in [-0.05, 0) is 18.6 Å². The second-order valence-corrected chi connectivity index (χ2v) is 7.14. The Kier molecular flexibility index (Phi) is 6.41. The van der Waals surface area contributed by atoms with Gasteiger partial charge in [0.05, 0.1) is 12.0 Å². The fraction of sp³-hybridized carbons (Fsp3) is 0.364. The molecule has 5 nitrogen and oxygen atoms in total. The average Bonchev–Trinajstić information content (AvgIpc) is 3.05. The molecule has 148 valence electrons. The smallest absolute Gasteiger partial charge is 0.225 e. The lowest BCUT2D eigenvalue weighted by Gasteiger charge is -2.25. The third-order valence-electron chi connectivity index (χ3n) is 5.09. The van der Waals surface area contributed by atoms with Crippen LogP contribution in [0.1, 0.15) is 30.6 Å². The molecule has 1 N–H and O–H groups in total. The van der Waals surface area contributed by atoms with Crippen LogP contribution in [0.3, 0.4) is 0 Å². The molecule has 0 radical (unpaired) electrons. The Morgan fingerprint density at radius 1 is 1.21 bits per heavy atom. The standard InChI is InChI=1S/C22H25FN2O3/c1-15(21(28-2)18-10-6-7-11-19(18)23)24-22(27)17-12-20(26)25(14-17)13-16-8-4-3-5-9-16/h3-11,15,17,21H,12-14H2,1-2H3,(H,24,27). The summed E-state index contributed by atoms with van der Waals surface area (Å²) in [6.07, 6.45) is -0.425. The molecule has 2 aromatic carbocycles. The maximum atomic E-state index is 14.1. The normalized spacial score (nSPS) is 18.8. The van der Waals surface area contributed by atoms with Crippen LogP contribution in [0.5, 0.6) is 0 Å². The predicted octanol–water partition coefficient (Wildman–Crippen LogP) is 3.07. The Balaban J connectivity index is 1.61. The number of rotatable bonds is 7. The lowest BCUT2D eigenvalue weighted by Crippen LogP contribution is -2.42. The van der Waals surface area contributed by atoms with E-state index in [0.717, 1.165) is 5.56 Å². The zero-order valence-corrected chi connectivity index (χ0v) is 16.1. The van der Waals surface area contributed by atoms with E-state index in [1.54, 1.807) is 30.0 Å². The molecule has 3 rings (SSSR count). The minimum absolute atomic E-state index is 0.0333. The third-order valence-corrected chi connectivity index (χ3v) is 5.09. The highest BCUT2D eigenvalue weighted by molar-refractivity contribution is 5.89. The first-order valence-corrected chi connectivity index (χ1v) is 9.39. The van der Waals surface area contributed by atoms with Crippen LogP contribution in [-0.4, -0.2) is 36.4 Å². The van der Waals surface area contributed by atoms with Gasteiger partial charge in [-0.1, -0.05) is 48.5 Å². The summed E-state index contributed by atoms with van der Waals surface area (Å²) in [5.74, 6) is -1.04. The molecule has 3 atom stereocenters. The molecule has 1 aliphatic rings. The summed E-state index contributed by atoms with van der Waals surface area (Å²) in [7, 11) is 1.49. The SMILES string of the molecule is COC(c1ccccc1F)C(C)NC(=O)C1CC(=O)N(Cc2ccccc2)C1. The molecule has 0 bridgehead atoms. The predicted molar refractivity (Wildman–Crippen MR) is 104 cm³/mol. The highest BCUT2D eigenvalue weighted by atomic mass is 19.1. The van der Waals surface area contributed by atoms with Gasteiger partial charge < -0.3 is 15.0 Å². The Hall–Kier alpha value is -2.73. The molecule has 28 heavy (non-hydrogen) atoms. The fourth-order valence-electron chi connectivity index (χ4n) is 3.63. The third kappa shape index (κ3) is 4.57. The summed E-state index contributed by atoms with van der Waals surface area (Å²) in [5.41, 5.74) is 1.43. The van der Waals surface area contributed by atoms with Crippen molar-refractivity contribution in [3.8, 4) is 0 Å². The van der Waals surface area contributed by atoms with E-state index in [0.29, 0.717) is 18.7 Å². The topological polar surface area (TPSA) is 58.6 Å². The molecule has 3 unspecified atom stereocenters. The molecule has 1 heterocycles. The molecule has 1 fully saturated rings. The van der Waals surface area contributed by atoms with Crippen molar-refractivity contribution in [1.82, 2.24) is 10.2 Å². The molecule has 0 spiro atoms. The Labute approximate surface area is 164 Å². The molecule has 0 saturated carbocycles. The van der Waals surface area contributed by atoms with E-state index in [4.69, 9.17) is 4.74 Å². The summed E-state index contributed by atoms with van der Waals surface area (Å²) < 4.78 is 19.5. The van der Waals surface area contributed by atoms with Gasteiger partial charge >= 0.3 is 0 Å². The van der Waals surface area contributed by atoms with Gasteiger partial charge in [0.2, 0.25) is 11.8 Å². The van der Waals surface area contributed by atoms with E-state index < -0.39 is 18.1 Å². The minimum atomic E-state index is -0.609. The van der Waals surface area contributed by atoms with Gasteiger partial charge in [0, 0.05) is 32.2 Å². The van der Waals surface area contributed by atoms with Crippen molar-refractivity contribution in [1.29, 1.82) is 0 Å². The maximum absolute atomic E-state index is 14.1. The number of carbonyl (C=O) groups is 2. The summed E-state index contributed by atoms with van der Waals surface area (Å²) in [5, 5.41) is 2.89. The molecule has 0 aliphatic carbocycles. The van der Waals surface area contributed by atoms with Gasteiger partial charge in [-0.3, -0.25) is 9.59 Å². The number of carbonyl (C=O) groups excluding carboxylic acids is 2.